The lowest BCUT2D eigenvalue weighted by molar-refractivity contribution is -0.148. The number of carbonyl (C=O) groups excluding carboxylic acids is 3. The zero-order valence-corrected chi connectivity index (χ0v) is 13.1. The summed E-state index contributed by atoms with van der Waals surface area (Å²) in [5, 5.41) is 9.09. The molecule has 0 bridgehead atoms. The monoisotopic (exact) mass is 342 g/mol. The molecule has 2 aromatic rings. The second kappa shape index (κ2) is 4.79. The van der Waals surface area contributed by atoms with E-state index in [4.69, 9.17) is 9.26 Å². The molecule has 1 aromatic heterocycles. The van der Waals surface area contributed by atoms with Gasteiger partial charge in [-0.3, -0.25) is 20.2 Å². The van der Waals surface area contributed by atoms with Crippen LogP contribution in [0.2, 0.25) is 0 Å². The Balaban J connectivity index is 1.72. The third-order valence-corrected chi connectivity index (χ3v) is 5.29. The number of carbonyl (C=O) groups is 3. The molecule has 2 N–H and O–H groups in total. The first-order chi connectivity index (χ1) is 12.1. The third kappa shape index (κ3) is 1.81. The molecule has 1 aromatic carbocycles. The molecule has 4 amide bonds. The smallest absolute Gasteiger partial charge is 0.328 e. The average Bonchev–Trinajstić information content (AvgIpc) is 3.05. The summed E-state index contributed by atoms with van der Waals surface area (Å²) in [7, 11) is 0. The minimum Gasteiger partial charge on any atom is -0.377 e. The number of barbiturate groups is 1. The van der Waals surface area contributed by atoms with Crippen LogP contribution in [0.15, 0.2) is 22.9 Å². The van der Waals surface area contributed by atoms with Crippen LogP contribution >= 0.6 is 0 Å². The van der Waals surface area contributed by atoms with E-state index in [0.717, 1.165) is 16.6 Å². The summed E-state index contributed by atoms with van der Waals surface area (Å²) >= 11 is 0. The fourth-order valence-electron chi connectivity index (χ4n) is 4.11. The van der Waals surface area contributed by atoms with Gasteiger partial charge in [0.25, 0.3) is 0 Å². The van der Waals surface area contributed by atoms with Crippen molar-refractivity contribution in [3.63, 3.8) is 0 Å². The predicted molar refractivity (Wildman–Crippen MR) is 83.8 cm³/mol. The lowest BCUT2D eigenvalue weighted by atomic mass is 9.68. The number of nitrogens with zero attached hydrogens (tertiary/aromatic N) is 2. The lowest BCUT2D eigenvalue weighted by Gasteiger charge is -2.51. The Bertz CT molecular complexity index is 916. The molecular weight excluding hydrogens is 328 g/mol. The first-order valence-electron chi connectivity index (χ1n) is 7.98. The van der Waals surface area contributed by atoms with Gasteiger partial charge < -0.3 is 14.2 Å². The molecule has 0 saturated carbocycles. The van der Waals surface area contributed by atoms with E-state index in [2.05, 4.69) is 15.8 Å². The summed E-state index contributed by atoms with van der Waals surface area (Å²) in [6.45, 7) is 1.25. The van der Waals surface area contributed by atoms with Gasteiger partial charge in [-0.2, -0.15) is 0 Å². The number of hydrogen-bond donors (Lipinski definition) is 2. The van der Waals surface area contributed by atoms with Crippen molar-refractivity contribution < 1.29 is 23.6 Å². The maximum absolute atomic E-state index is 12.8. The van der Waals surface area contributed by atoms with Crippen molar-refractivity contribution in [1.29, 1.82) is 0 Å². The maximum Gasteiger partial charge on any atom is 0.328 e. The highest BCUT2D eigenvalue weighted by atomic mass is 16.5. The minimum absolute atomic E-state index is 0.179. The fraction of sp³-hybridized carbons (Fsp3) is 0.375. The van der Waals surface area contributed by atoms with Gasteiger partial charge in [0, 0.05) is 23.7 Å². The van der Waals surface area contributed by atoms with Crippen LogP contribution in [0.5, 0.6) is 0 Å². The van der Waals surface area contributed by atoms with Crippen molar-refractivity contribution in [3.05, 3.63) is 23.9 Å². The topological polar surface area (TPSA) is 114 Å². The van der Waals surface area contributed by atoms with Crippen LogP contribution in [0.4, 0.5) is 10.5 Å². The van der Waals surface area contributed by atoms with E-state index in [9.17, 15) is 14.4 Å². The Morgan fingerprint density at radius 3 is 2.80 bits per heavy atom. The molecule has 2 fully saturated rings. The Hall–Kier alpha value is -2.94. The van der Waals surface area contributed by atoms with Crippen molar-refractivity contribution in [3.8, 4) is 0 Å². The summed E-state index contributed by atoms with van der Waals surface area (Å²) in [6.07, 6.45) is 1.77. The molecule has 4 heterocycles. The van der Waals surface area contributed by atoms with Gasteiger partial charge in [0.2, 0.25) is 11.8 Å². The zero-order chi connectivity index (χ0) is 17.2. The SMILES string of the molecule is O=C1NC(=O)C2(Cc3cc4cnoc4cc3N3CCOCC32)C(=O)N1. The molecule has 128 valence electrons. The molecule has 1 spiro atoms. The third-order valence-electron chi connectivity index (χ3n) is 5.29. The first-order valence-corrected chi connectivity index (χ1v) is 7.98. The largest absolute Gasteiger partial charge is 0.377 e. The number of fused-ring (bicyclic) bond motifs is 5. The molecule has 1 atom stereocenters. The van der Waals surface area contributed by atoms with E-state index < -0.39 is 29.3 Å². The normalized spacial score (nSPS) is 24.7. The fourth-order valence-corrected chi connectivity index (χ4v) is 4.11. The molecule has 5 rings (SSSR count). The van der Waals surface area contributed by atoms with Gasteiger partial charge in [-0.15, -0.1) is 0 Å². The van der Waals surface area contributed by atoms with Crippen LogP contribution in [0.3, 0.4) is 0 Å². The van der Waals surface area contributed by atoms with Gasteiger partial charge in [0.1, 0.15) is 0 Å². The van der Waals surface area contributed by atoms with Crippen molar-refractivity contribution in [1.82, 2.24) is 15.8 Å². The van der Waals surface area contributed by atoms with Crippen LogP contribution in [0, 0.1) is 5.41 Å². The summed E-state index contributed by atoms with van der Waals surface area (Å²) < 4.78 is 10.8. The highest BCUT2D eigenvalue weighted by Crippen LogP contribution is 2.45. The average molecular weight is 342 g/mol. The molecule has 0 aliphatic carbocycles. The molecule has 9 heteroatoms. The van der Waals surface area contributed by atoms with Gasteiger partial charge >= 0.3 is 6.03 Å². The van der Waals surface area contributed by atoms with Gasteiger partial charge in [-0.1, -0.05) is 5.16 Å². The van der Waals surface area contributed by atoms with Crippen LogP contribution in [0.1, 0.15) is 5.56 Å². The van der Waals surface area contributed by atoms with E-state index in [0.29, 0.717) is 18.7 Å². The van der Waals surface area contributed by atoms with Crippen LogP contribution < -0.4 is 15.5 Å². The summed E-state index contributed by atoms with van der Waals surface area (Å²) in [5.41, 5.74) is 0.980. The van der Waals surface area contributed by atoms with Crippen LogP contribution in [0.25, 0.3) is 11.0 Å². The molecule has 25 heavy (non-hydrogen) atoms. The number of nitrogens with one attached hydrogen (secondary N) is 2. The van der Waals surface area contributed by atoms with E-state index in [1.54, 1.807) is 6.20 Å². The number of morpholine rings is 1. The second-order valence-corrected chi connectivity index (χ2v) is 6.51. The van der Waals surface area contributed by atoms with Crippen LogP contribution in [-0.2, 0) is 20.7 Å². The van der Waals surface area contributed by atoms with Crippen molar-refractivity contribution >= 4 is 34.5 Å². The molecular formula is C16H14N4O5. The number of urea groups is 1. The van der Waals surface area contributed by atoms with Crippen molar-refractivity contribution in [2.45, 2.75) is 12.5 Å². The number of anilines is 1. The summed E-state index contributed by atoms with van der Waals surface area (Å²) in [6, 6.07) is 2.48. The van der Waals surface area contributed by atoms with Gasteiger partial charge in [-0.25, -0.2) is 4.79 Å². The molecule has 9 nitrogen and oxygen atoms in total. The molecule has 1 unspecified atom stereocenters. The van der Waals surface area contributed by atoms with Gasteiger partial charge in [0.05, 0.1) is 25.5 Å². The number of rotatable bonds is 0. The highest BCUT2D eigenvalue weighted by Gasteiger charge is 2.60. The maximum atomic E-state index is 12.8. The number of amides is 4. The first kappa shape index (κ1) is 14.4. The van der Waals surface area contributed by atoms with E-state index in [1.165, 1.54) is 0 Å². The summed E-state index contributed by atoms with van der Waals surface area (Å²) in [5.74, 6) is -1.17. The molecule has 3 aliphatic heterocycles. The van der Waals surface area contributed by atoms with E-state index in [1.807, 2.05) is 17.0 Å². The highest BCUT2D eigenvalue weighted by molar-refractivity contribution is 6.20. The van der Waals surface area contributed by atoms with Crippen LogP contribution in [-0.4, -0.2) is 48.8 Å². The molecule has 0 radical (unpaired) electrons. The predicted octanol–water partition coefficient (Wildman–Crippen LogP) is -0.0585. The van der Waals surface area contributed by atoms with E-state index in [-0.39, 0.29) is 13.0 Å². The second-order valence-electron chi connectivity index (χ2n) is 6.51. The molecule has 3 aliphatic rings. The lowest BCUT2D eigenvalue weighted by Crippen LogP contribution is -2.73. The Labute approximate surface area is 141 Å². The number of aromatic nitrogens is 1. The summed E-state index contributed by atoms with van der Waals surface area (Å²) in [4.78, 5) is 39.1. The number of imide groups is 2. The number of benzene rings is 1. The van der Waals surface area contributed by atoms with Crippen molar-refractivity contribution in [2.75, 3.05) is 24.7 Å². The number of hydrogen-bond acceptors (Lipinski definition) is 7. The quantitative estimate of drug-likeness (QED) is 0.645. The molecule has 2 saturated heterocycles. The van der Waals surface area contributed by atoms with E-state index >= 15 is 0 Å². The van der Waals surface area contributed by atoms with Crippen molar-refractivity contribution in [2.24, 2.45) is 5.41 Å². The Kier molecular flexibility index (Phi) is 2.76. The van der Waals surface area contributed by atoms with Gasteiger partial charge in [0.15, 0.2) is 11.0 Å². The number of ether oxygens (including phenoxy) is 1. The standard InChI is InChI=1S/C16H14N4O5/c21-13-16(14(22)19-15(23)18-13)5-8-3-9-6-17-25-11(9)4-10(8)20-1-2-24-7-12(16)20/h3-4,6,12H,1-2,5,7H2,(H2,18,19,21,22,23). The Morgan fingerprint density at radius 1 is 1.20 bits per heavy atom. The van der Waals surface area contributed by atoms with Gasteiger partial charge in [-0.05, 0) is 18.1 Å². The minimum atomic E-state index is -1.41. The zero-order valence-electron chi connectivity index (χ0n) is 13.1. The Morgan fingerprint density at radius 2 is 2.00 bits per heavy atom.